The zero-order valence-electron chi connectivity index (χ0n) is 19.8. The van der Waals surface area contributed by atoms with Gasteiger partial charge in [-0.15, -0.1) is 0 Å². The fraction of sp³-hybridized carbons (Fsp3) is 0.269. The van der Waals surface area contributed by atoms with E-state index in [1.54, 1.807) is 25.2 Å². The molecule has 0 spiro atoms. The molecule has 4 rings (SSSR count). The van der Waals surface area contributed by atoms with Gasteiger partial charge in [0.15, 0.2) is 0 Å². The monoisotopic (exact) mass is 535 g/mol. The Morgan fingerprint density at radius 3 is 2.77 bits per heavy atom. The van der Waals surface area contributed by atoms with Gasteiger partial charge in [-0.1, -0.05) is 28.1 Å². The molecular weight excluding hydrogens is 510 g/mol. The third-order valence-electron chi connectivity index (χ3n) is 5.95. The van der Waals surface area contributed by atoms with Gasteiger partial charge in [-0.05, 0) is 54.3 Å². The topological polar surface area (TPSA) is 110 Å². The number of hydrogen-bond acceptors (Lipinski definition) is 8. The molecular formula is C26H26BrN5O3. The van der Waals surface area contributed by atoms with Gasteiger partial charge >= 0.3 is 5.97 Å². The van der Waals surface area contributed by atoms with Crippen molar-refractivity contribution in [1.82, 2.24) is 9.97 Å². The summed E-state index contributed by atoms with van der Waals surface area (Å²) >= 11 is 3.53. The molecule has 1 aromatic heterocycles. The number of rotatable bonds is 7. The molecule has 0 saturated heterocycles. The molecule has 0 saturated carbocycles. The van der Waals surface area contributed by atoms with Gasteiger partial charge < -0.3 is 20.2 Å². The number of benzene rings is 2. The molecule has 0 amide bonds. The van der Waals surface area contributed by atoms with Gasteiger partial charge in [0, 0.05) is 35.6 Å². The Balaban J connectivity index is 1.66. The Labute approximate surface area is 212 Å². The van der Waals surface area contributed by atoms with E-state index in [1.165, 1.54) is 14.2 Å². The standard InChI is InChI=1S/C26H26BrN5O3/c1-29-21(12-15-5-4-6-18(27)11-15)23-19(28)9-7-17-14-30-26(32-24(17)23)31-20-10-8-16(25(33)35-3)13-22(20)34-2/h4-6,8,10-11,13-14,23,28H,7,9,12H2,1-3H3,(H,30,31,32). The summed E-state index contributed by atoms with van der Waals surface area (Å²) in [5.74, 6) is 0.0856. The van der Waals surface area contributed by atoms with Crippen molar-refractivity contribution in [2.75, 3.05) is 26.6 Å². The fourth-order valence-corrected chi connectivity index (χ4v) is 4.63. The second-order valence-electron chi connectivity index (χ2n) is 8.12. The first-order valence-electron chi connectivity index (χ1n) is 11.1. The summed E-state index contributed by atoms with van der Waals surface area (Å²) < 4.78 is 11.2. The van der Waals surface area contributed by atoms with Crippen LogP contribution < -0.4 is 10.1 Å². The smallest absolute Gasteiger partial charge is 0.337 e. The van der Waals surface area contributed by atoms with Crippen LogP contribution >= 0.6 is 15.9 Å². The maximum absolute atomic E-state index is 11.9. The minimum Gasteiger partial charge on any atom is -0.495 e. The van der Waals surface area contributed by atoms with Crippen LogP contribution in [0.3, 0.4) is 0 Å². The van der Waals surface area contributed by atoms with Crippen LogP contribution in [-0.2, 0) is 17.6 Å². The summed E-state index contributed by atoms with van der Waals surface area (Å²) in [6, 6.07) is 13.1. The average molecular weight is 536 g/mol. The molecule has 1 unspecified atom stereocenters. The molecule has 1 aliphatic carbocycles. The van der Waals surface area contributed by atoms with Crippen molar-refractivity contribution in [3.8, 4) is 5.75 Å². The van der Waals surface area contributed by atoms with Crippen LogP contribution in [0.25, 0.3) is 0 Å². The second kappa shape index (κ2) is 10.8. The van der Waals surface area contributed by atoms with Crippen LogP contribution in [-0.4, -0.2) is 48.6 Å². The van der Waals surface area contributed by atoms with Crippen molar-refractivity contribution in [1.29, 1.82) is 5.41 Å². The van der Waals surface area contributed by atoms with E-state index in [-0.39, 0.29) is 5.92 Å². The number of anilines is 2. The fourth-order valence-electron chi connectivity index (χ4n) is 4.19. The number of fused-ring (bicyclic) bond motifs is 1. The van der Waals surface area contributed by atoms with Crippen LogP contribution in [0, 0.1) is 5.41 Å². The zero-order chi connectivity index (χ0) is 24.9. The molecule has 0 fully saturated rings. The van der Waals surface area contributed by atoms with Gasteiger partial charge in [0.25, 0.3) is 0 Å². The van der Waals surface area contributed by atoms with E-state index in [4.69, 9.17) is 19.9 Å². The maximum Gasteiger partial charge on any atom is 0.337 e. The van der Waals surface area contributed by atoms with Crippen molar-refractivity contribution in [2.24, 2.45) is 4.99 Å². The van der Waals surface area contributed by atoms with Crippen LogP contribution in [0.5, 0.6) is 5.75 Å². The molecule has 8 nitrogen and oxygen atoms in total. The van der Waals surface area contributed by atoms with Crippen molar-refractivity contribution in [2.45, 2.75) is 25.2 Å². The highest BCUT2D eigenvalue weighted by atomic mass is 79.9. The Kier molecular flexibility index (Phi) is 7.55. The number of halogens is 1. The molecule has 9 heteroatoms. The maximum atomic E-state index is 11.9. The number of carbonyl (C=O) groups is 1. The van der Waals surface area contributed by atoms with E-state index >= 15 is 0 Å². The number of carbonyl (C=O) groups excluding carboxylic acids is 1. The number of aliphatic imine (C=N–C) groups is 1. The normalized spacial score (nSPS) is 15.4. The molecule has 2 N–H and O–H groups in total. The van der Waals surface area contributed by atoms with Crippen LogP contribution in [0.2, 0.25) is 0 Å². The molecule has 0 bridgehead atoms. The number of nitrogens with zero attached hydrogens (tertiary/aromatic N) is 3. The average Bonchev–Trinajstić information content (AvgIpc) is 2.87. The number of ether oxygens (including phenoxy) is 2. The highest BCUT2D eigenvalue weighted by molar-refractivity contribution is 9.10. The van der Waals surface area contributed by atoms with Gasteiger partial charge in [-0.25, -0.2) is 14.8 Å². The van der Waals surface area contributed by atoms with Gasteiger partial charge in [-0.2, -0.15) is 0 Å². The number of nitrogens with one attached hydrogen (secondary N) is 2. The Morgan fingerprint density at radius 1 is 1.23 bits per heavy atom. The summed E-state index contributed by atoms with van der Waals surface area (Å²) in [5, 5.41) is 11.9. The molecule has 0 radical (unpaired) electrons. The number of esters is 1. The second-order valence-corrected chi connectivity index (χ2v) is 9.03. The van der Waals surface area contributed by atoms with E-state index in [1.807, 2.05) is 18.3 Å². The van der Waals surface area contributed by atoms with Crippen molar-refractivity contribution < 1.29 is 14.3 Å². The predicted molar refractivity (Wildman–Crippen MR) is 140 cm³/mol. The first-order valence-corrected chi connectivity index (χ1v) is 11.9. The number of methoxy groups -OCH3 is 2. The van der Waals surface area contributed by atoms with Gasteiger partial charge in [0.1, 0.15) is 5.75 Å². The Morgan fingerprint density at radius 2 is 2.06 bits per heavy atom. The van der Waals surface area contributed by atoms with E-state index in [9.17, 15) is 4.79 Å². The minimum atomic E-state index is -0.446. The third-order valence-corrected chi connectivity index (χ3v) is 6.44. The van der Waals surface area contributed by atoms with Crippen LogP contribution in [0.15, 0.2) is 58.1 Å². The zero-order valence-corrected chi connectivity index (χ0v) is 21.3. The Bertz CT molecular complexity index is 1310. The number of aromatic nitrogens is 2. The van der Waals surface area contributed by atoms with Gasteiger partial charge in [0.05, 0.1) is 37.1 Å². The quantitative estimate of drug-likeness (QED) is 0.320. The molecule has 1 aliphatic rings. The summed E-state index contributed by atoms with van der Waals surface area (Å²) in [5.41, 5.74) is 5.39. The van der Waals surface area contributed by atoms with E-state index < -0.39 is 5.97 Å². The largest absolute Gasteiger partial charge is 0.495 e. The van der Waals surface area contributed by atoms with E-state index in [0.717, 1.165) is 33.4 Å². The molecule has 2 aromatic carbocycles. The lowest BCUT2D eigenvalue weighted by molar-refractivity contribution is 0.0600. The summed E-state index contributed by atoms with van der Waals surface area (Å²) in [6.45, 7) is 0. The molecule has 1 heterocycles. The molecule has 3 aromatic rings. The predicted octanol–water partition coefficient (Wildman–Crippen LogP) is 5.14. The van der Waals surface area contributed by atoms with E-state index in [2.05, 4.69) is 43.4 Å². The molecule has 1 atom stereocenters. The lowest BCUT2D eigenvalue weighted by atomic mass is 9.80. The van der Waals surface area contributed by atoms with Crippen molar-refractivity contribution in [3.63, 3.8) is 0 Å². The van der Waals surface area contributed by atoms with Gasteiger partial charge in [-0.3, -0.25) is 4.99 Å². The number of hydrogen-bond donors (Lipinski definition) is 2. The highest BCUT2D eigenvalue weighted by Gasteiger charge is 2.31. The molecule has 180 valence electrons. The lowest BCUT2D eigenvalue weighted by Gasteiger charge is -2.27. The lowest BCUT2D eigenvalue weighted by Crippen LogP contribution is -2.30. The number of aryl methyl sites for hydroxylation is 1. The first-order chi connectivity index (χ1) is 16.9. The van der Waals surface area contributed by atoms with E-state index in [0.29, 0.717) is 41.5 Å². The highest BCUT2D eigenvalue weighted by Crippen LogP contribution is 2.33. The summed E-state index contributed by atoms with van der Waals surface area (Å²) in [7, 11) is 4.63. The summed E-state index contributed by atoms with van der Waals surface area (Å²) in [6.07, 6.45) is 3.80. The summed E-state index contributed by atoms with van der Waals surface area (Å²) in [4.78, 5) is 25.7. The van der Waals surface area contributed by atoms with Crippen molar-refractivity contribution in [3.05, 3.63) is 75.5 Å². The Hall–Kier alpha value is -3.59. The van der Waals surface area contributed by atoms with Crippen LogP contribution in [0.4, 0.5) is 11.6 Å². The van der Waals surface area contributed by atoms with Gasteiger partial charge in [0.2, 0.25) is 5.95 Å². The third kappa shape index (κ3) is 5.40. The molecule has 35 heavy (non-hydrogen) atoms. The van der Waals surface area contributed by atoms with Crippen molar-refractivity contribution >= 4 is 45.0 Å². The first kappa shape index (κ1) is 24.5. The molecule has 0 aliphatic heterocycles. The minimum absolute atomic E-state index is 0.310. The SMILES string of the molecule is CN=C(Cc1cccc(Br)c1)C1C(=N)CCc2cnc(Nc3ccc(C(=O)OC)cc3OC)nc21. The van der Waals surface area contributed by atoms with Crippen LogP contribution in [0.1, 0.15) is 39.5 Å².